The molecule has 0 aromatic rings. The summed E-state index contributed by atoms with van der Waals surface area (Å²) < 4.78 is 0. The first-order valence-corrected chi connectivity index (χ1v) is 1.67. The Labute approximate surface area is 44.6 Å². The number of hydrogen-bond donors (Lipinski definition) is 3. The van der Waals surface area contributed by atoms with Crippen LogP contribution in [0, 0.1) is 5.41 Å². The van der Waals surface area contributed by atoms with Crippen LogP contribution < -0.4 is 5.73 Å². The molecule has 0 fully saturated rings. The predicted molar refractivity (Wildman–Crippen MR) is 24.6 cm³/mol. The van der Waals surface area contributed by atoms with Crippen LogP contribution in [0.1, 0.15) is 0 Å². The number of aliphatic carboxylic acids is 1. The molecule has 5 heteroatoms. The molecule has 0 atom stereocenters. The molecule has 0 saturated carbocycles. The Morgan fingerprint density at radius 3 is 1.88 bits per heavy atom. The van der Waals surface area contributed by atoms with E-state index >= 15 is 0 Å². The van der Waals surface area contributed by atoms with E-state index in [-0.39, 0.29) is 0 Å². The van der Waals surface area contributed by atoms with Gasteiger partial charge >= 0.3 is 5.97 Å². The minimum atomic E-state index is -1.60. The van der Waals surface area contributed by atoms with Gasteiger partial charge in [0.05, 0.1) is 0 Å². The number of carbonyl (C=O) groups excluding carboxylic acids is 1. The van der Waals surface area contributed by atoms with Crippen LogP contribution in [-0.4, -0.2) is 22.7 Å². The first-order chi connectivity index (χ1) is 3.55. The number of primary amides is 1. The van der Waals surface area contributed by atoms with Crippen LogP contribution in [0.5, 0.6) is 0 Å². The summed E-state index contributed by atoms with van der Waals surface area (Å²) in [7, 11) is 0. The highest BCUT2D eigenvalue weighted by molar-refractivity contribution is 6.62. The second-order valence-corrected chi connectivity index (χ2v) is 1.04. The summed E-state index contributed by atoms with van der Waals surface area (Å²) in [6.45, 7) is 0. The van der Waals surface area contributed by atoms with Gasteiger partial charge in [0.1, 0.15) is 0 Å². The minimum Gasteiger partial charge on any atom is -0.476 e. The third-order valence-corrected chi connectivity index (χ3v) is 0.460. The standard InChI is InChI=1S/C3H4N2O3/c4-1(2(5)6)3(7)8/h4H,(H2,5,6)(H,7,8). The molecule has 0 aliphatic heterocycles. The van der Waals surface area contributed by atoms with E-state index in [1.165, 1.54) is 0 Å². The van der Waals surface area contributed by atoms with Gasteiger partial charge in [0.25, 0.3) is 5.91 Å². The van der Waals surface area contributed by atoms with Crippen molar-refractivity contribution < 1.29 is 14.7 Å². The molecule has 5 nitrogen and oxygen atoms in total. The number of carboxylic acids is 1. The third-order valence-electron chi connectivity index (χ3n) is 0.460. The summed E-state index contributed by atoms with van der Waals surface area (Å²) in [6.07, 6.45) is 0. The fourth-order valence-electron chi connectivity index (χ4n) is 0.105. The topological polar surface area (TPSA) is 104 Å². The average molecular weight is 116 g/mol. The van der Waals surface area contributed by atoms with Crippen LogP contribution in [0.25, 0.3) is 0 Å². The van der Waals surface area contributed by atoms with Crippen LogP contribution >= 0.6 is 0 Å². The Hall–Kier alpha value is -1.39. The molecule has 0 heterocycles. The van der Waals surface area contributed by atoms with Crippen molar-refractivity contribution in [2.75, 3.05) is 0 Å². The van der Waals surface area contributed by atoms with Gasteiger partial charge in [-0.15, -0.1) is 0 Å². The zero-order valence-electron chi connectivity index (χ0n) is 3.84. The lowest BCUT2D eigenvalue weighted by atomic mass is 10.4. The minimum absolute atomic E-state index is 1.09. The van der Waals surface area contributed by atoms with E-state index < -0.39 is 17.6 Å². The van der Waals surface area contributed by atoms with E-state index in [9.17, 15) is 9.59 Å². The average Bonchev–Trinajstić information content (AvgIpc) is 1.64. The van der Waals surface area contributed by atoms with Gasteiger partial charge in [-0.05, 0) is 0 Å². The smallest absolute Gasteiger partial charge is 0.359 e. The molecule has 4 N–H and O–H groups in total. The molecule has 0 rings (SSSR count). The second kappa shape index (κ2) is 2.06. The van der Waals surface area contributed by atoms with Crippen LogP contribution in [0.2, 0.25) is 0 Å². The number of hydrogen-bond acceptors (Lipinski definition) is 3. The molecule has 0 aliphatic carbocycles. The Kier molecular flexibility index (Phi) is 1.70. The molecular formula is C3H4N2O3. The van der Waals surface area contributed by atoms with Crippen molar-refractivity contribution in [3.8, 4) is 0 Å². The van der Waals surface area contributed by atoms with Crippen LogP contribution in [0.4, 0.5) is 0 Å². The number of carboxylic acid groups (broad SMARTS) is 1. The molecule has 0 aromatic heterocycles. The van der Waals surface area contributed by atoms with Crippen molar-refractivity contribution in [1.82, 2.24) is 0 Å². The Balaban J connectivity index is 4.05. The molecule has 0 unspecified atom stereocenters. The largest absolute Gasteiger partial charge is 0.476 e. The quantitative estimate of drug-likeness (QED) is 0.304. The fraction of sp³-hybridized carbons (Fsp3) is 0. The summed E-state index contributed by atoms with van der Waals surface area (Å²) in [4.78, 5) is 19.4. The first-order valence-electron chi connectivity index (χ1n) is 1.67. The lowest BCUT2D eigenvalue weighted by Gasteiger charge is -1.85. The molecule has 44 valence electrons. The summed E-state index contributed by atoms with van der Waals surface area (Å²) in [5, 5.41) is 14.2. The number of nitrogens with one attached hydrogen (secondary N) is 1. The summed E-state index contributed by atoms with van der Waals surface area (Å²) >= 11 is 0. The second-order valence-electron chi connectivity index (χ2n) is 1.04. The zero-order valence-corrected chi connectivity index (χ0v) is 3.84. The fourth-order valence-corrected chi connectivity index (χ4v) is 0.105. The zero-order chi connectivity index (χ0) is 6.73. The molecule has 0 bridgehead atoms. The summed E-state index contributed by atoms with van der Waals surface area (Å²) in [6, 6.07) is 0. The predicted octanol–water partition coefficient (Wildman–Crippen LogP) is -1.42. The van der Waals surface area contributed by atoms with Gasteiger partial charge in [0.2, 0.25) is 5.71 Å². The van der Waals surface area contributed by atoms with E-state index in [0.717, 1.165) is 0 Å². The highest BCUT2D eigenvalue weighted by Crippen LogP contribution is 1.67. The maximum absolute atomic E-state index is 9.76. The van der Waals surface area contributed by atoms with E-state index in [2.05, 4.69) is 5.73 Å². The van der Waals surface area contributed by atoms with Crippen molar-refractivity contribution in [2.45, 2.75) is 0 Å². The SMILES string of the molecule is N=C(C(N)=O)C(=O)O. The van der Waals surface area contributed by atoms with Gasteiger partial charge in [-0.1, -0.05) is 0 Å². The van der Waals surface area contributed by atoms with E-state index in [1.807, 2.05) is 0 Å². The number of rotatable bonds is 2. The Bertz CT molecular complexity index is 135. The van der Waals surface area contributed by atoms with E-state index in [1.54, 1.807) is 0 Å². The van der Waals surface area contributed by atoms with Gasteiger partial charge in [0.15, 0.2) is 0 Å². The van der Waals surface area contributed by atoms with Gasteiger partial charge in [-0.3, -0.25) is 10.2 Å². The third kappa shape index (κ3) is 1.38. The maximum Gasteiger partial charge on any atom is 0.359 e. The van der Waals surface area contributed by atoms with Crippen molar-refractivity contribution in [3.63, 3.8) is 0 Å². The maximum atomic E-state index is 9.76. The highest BCUT2D eigenvalue weighted by Gasteiger charge is 2.11. The highest BCUT2D eigenvalue weighted by atomic mass is 16.4. The van der Waals surface area contributed by atoms with E-state index in [4.69, 9.17) is 10.5 Å². The number of nitrogens with two attached hydrogens (primary N) is 1. The van der Waals surface area contributed by atoms with Crippen molar-refractivity contribution in [2.24, 2.45) is 5.73 Å². The van der Waals surface area contributed by atoms with Crippen LogP contribution in [0.15, 0.2) is 0 Å². The number of amides is 1. The molecule has 8 heavy (non-hydrogen) atoms. The Morgan fingerprint density at radius 1 is 1.50 bits per heavy atom. The van der Waals surface area contributed by atoms with Gasteiger partial charge in [0, 0.05) is 0 Å². The molecule has 0 aromatic carbocycles. The van der Waals surface area contributed by atoms with Gasteiger partial charge < -0.3 is 10.8 Å². The normalized spacial score (nSPS) is 8.00. The summed E-state index contributed by atoms with van der Waals surface area (Å²) in [5.74, 6) is -2.82. The van der Waals surface area contributed by atoms with Crippen LogP contribution in [-0.2, 0) is 9.59 Å². The van der Waals surface area contributed by atoms with E-state index in [0.29, 0.717) is 0 Å². The first kappa shape index (κ1) is 6.61. The summed E-state index contributed by atoms with van der Waals surface area (Å²) in [5.41, 5.74) is 3.30. The van der Waals surface area contributed by atoms with Gasteiger partial charge in [-0.25, -0.2) is 4.79 Å². The van der Waals surface area contributed by atoms with Crippen molar-refractivity contribution >= 4 is 17.6 Å². The number of carbonyl (C=O) groups is 2. The lowest BCUT2D eigenvalue weighted by Crippen LogP contribution is -2.29. The van der Waals surface area contributed by atoms with Crippen molar-refractivity contribution in [3.05, 3.63) is 0 Å². The molecular weight excluding hydrogens is 112 g/mol. The molecule has 0 saturated heterocycles. The van der Waals surface area contributed by atoms with Gasteiger partial charge in [-0.2, -0.15) is 0 Å². The molecule has 0 spiro atoms. The molecule has 0 aliphatic rings. The molecule has 0 radical (unpaired) electrons. The molecule has 1 amide bonds. The Morgan fingerprint density at radius 2 is 1.88 bits per heavy atom. The monoisotopic (exact) mass is 116 g/mol. The van der Waals surface area contributed by atoms with Crippen molar-refractivity contribution in [1.29, 1.82) is 5.41 Å². The lowest BCUT2D eigenvalue weighted by molar-refractivity contribution is -0.130. The van der Waals surface area contributed by atoms with Crippen LogP contribution in [0.3, 0.4) is 0 Å².